The van der Waals surface area contributed by atoms with Crippen molar-refractivity contribution < 1.29 is 14.6 Å². The summed E-state index contributed by atoms with van der Waals surface area (Å²) in [5.74, 6) is 1.68. The molecule has 170 valence electrons. The van der Waals surface area contributed by atoms with E-state index in [0.29, 0.717) is 11.4 Å². The van der Waals surface area contributed by atoms with Crippen LogP contribution in [0.1, 0.15) is 69.8 Å². The molecule has 2 rings (SSSR count). The lowest BCUT2D eigenvalue weighted by Gasteiger charge is -2.10. The summed E-state index contributed by atoms with van der Waals surface area (Å²) < 4.78 is 6.17. The van der Waals surface area contributed by atoms with E-state index in [1.807, 2.05) is 18.2 Å². The summed E-state index contributed by atoms with van der Waals surface area (Å²) in [6, 6.07) is 12.3. The SMILES string of the molecule is O=C(Nc1ccccc1Br)Oc1ccc(O)c(CCCCCCCCCCCCS)c1. The van der Waals surface area contributed by atoms with Gasteiger partial charge in [0.05, 0.1) is 5.69 Å². The summed E-state index contributed by atoms with van der Waals surface area (Å²) in [6.45, 7) is 0. The molecule has 0 aliphatic heterocycles. The van der Waals surface area contributed by atoms with E-state index in [1.54, 1.807) is 24.3 Å². The second kappa shape index (κ2) is 15.2. The topological polar surface area (TPSA) is 58.6 Å². The van der Waals surface area contributed by atoms with Crippen LogP contribution < -0.4 is 10.1 Å². The number of ether oxygens (including phenoxy) is 1. The number of phenolic OH excluding ortho intramolecular Hbond substituents is 1. The minimum Gasteiger partial charge on any atom is -0.508 e. The molecule has 0 spiro atoms. The molecule has 4 nitrogen and oxygen atoms in total. The van der Waals surface area contributed by atoms with Gasteiger partial charge < -0.3 is 9.84 Å². The number of anilines is 1. The summed E-state index contributed by atoms with van der Waals surface area (Å²) in [6.07, 6.45) is 12.7. The molecule has 0 heterocycles. The Morgan fingerprint density at radius 2 is 1.52 bits per heavy atom. The minimum absolute atomic E-state index is 0.250. The number of hydrogen-bond acceptors (Lipinski definition) is 4. The van der Waals surface area contributed by atoms with Crippen LogP contribution in [0.4, 0.5) is 10.5 Å². The van der Waals surface area contributed by atoms with Crippen LogP contribution >= 0.6 is 28.6 Å². The Balaban J connectivity index is 1.66. The second-order valence-electron chi connectivity index (χ2n) is 7.79. The van der Waals surface area contributed by atoms with Gasteiger partial charge in [0.1, 0.15) is 11.5 Å². The van der Waals surface area contributed by atoms with Gasteiger partial charge in [-0.05, 0) is 76.8 Å². The van der Waals surface area contributed by atoms with E-state index >= 15 is 0 Å². The highest BCUT2D eigenvalue weighted by molar-refractivity contribution is 9.10. The number of unbranched alkanes of at least 4 members (excludes halogenated alkanes) is 9. The molecule has 0 unspecified atom stereocenters. The zero-order valence-corrected chi connectivity index (χ0v) is 20.6. The van der Waals surface area contributed by atoms with Crippen molar-refractivity contribution in [3.05, 3.63) is 52.5 Å². The number of halogens is 1. The maximum Gasteiger partial charge on any atom is 0.417 e. The Morgan fingerprint density at radius 3 is 2.16 bits per heavy atom. The molecule has 2 aromatic rings. The summed E-state index contributed by atoms with van der Waals surface area (Å²) in [4.78, 5) is 12.2. The molecule has 0 aromatic heterocycles. The standard InChI is InChI=1S/C25H34BrNO3S/c26-22-14-10-11-15-23(22)27-25(29)30-21-16-17-24(28)20(19-21)13-9-7-5-3-1-2-4-6-8-12-18-31/h10-11,14-17,19,28,31H,1-9,12-13,18H2,(H,27,29). The fourth-order valence-electron chi connectivity index (χ4n) is 3.47. The molecule has 0 aliphatic rings. The second-order valence-corrected chi connectivity index (χ2v) is 9.10. The third-order valence-corrected chi connectivity index (χ3v) is 6.23. The molecule has 0 radical (unpaired) electrons. The normalized spacial score (nSPS) is 10.8. The van der Waals surface area contributed by atoms with E-state index in [-0.39, 0.29) is 5.75 Å². The van der Waals surface area contributed by atoms with Crippen molar-refractivity contribution >= 4 is 40.3 Å². The van der Waals surface area contributed by atoms with Crippen LogP contribution in [-0.4, -0.2) is 17.0 Å². The maximum absolute atomic E-state index is 12.2. The Hall–Kier alpha value is -1.66. The van der Waals surface area contributed by atoms with Crippen molar-refractivity contribution in [2.24, 2.45) is 0 Å². The fourth-order valence-corrected chi connectivity index (χ4v) is 4.08. The van der Waals surface area contributed by atoms with E-state index in [2.05, 4.69) is 33.9 Å². The Bertz CT molecular complexity index is 800. The van der Waals surface area contributed by atoms with Gasteiger partial charge in [0.2, 0.25) is 0 Å². The summed E-state index contributed by atoms with van der Waals surface area (Å²) in [5.41, 5.74) is 1.46. The van der Waals surface area contributed by atoms with Gasteiger partial charge in [-0.3, -0.25) is 5.32 Å². The molecule has 1 amide bonds. The molecule has 2 aromatic carbocycles. The highest BCUT2D eigenvalue weighted by atomic mass is 79.9. The predicted molar refractivity (Wildman–Crippen MR) is 136 cm³/mol. The van der Waals surface area contributed by atoms with Crippen molar-refractivity contribution in [1.82, 2.24) is 0 Å². The predicted octanol–water partition coefficient (Wildman–Crippen LogP) is 8.14. The van der Waals surface area contributed by atoms with Crippen LogP contribution in [0.5, 0.6) is 11.5 Å². The number of amides is 1. The Labute approximate surface area is 200 Å². The summed E-state index contributed by atoms with van der Waals surface area (Å²) >= 11 is 7.64. The Kier molecular flexibility index (Phi) is 12.5. The smallest absolute Gasteiger partial charge is 0.417 e. The third kappa shape index (κ3) is 10.5. The maximum atomic E-state index is 12.2. The summed E-state index contributed by atoms with van der Waals surface area (Å²) in [5, 5.41) is 12.8. The van der Waals surface area contributed by atoms with E-state index < -0.39 is 6.09 Å². The van der Waals surface area contributed by atoms with Crippen LogP contribution in [0.25, 0.3) is 0 Å². The highest BCUT2D eigenvalue weighted by Gasteiger charge is 2.10. The molecule has 0 saturated heterocycles. The van der Waals surface area contributed by atoms with Crippen LogP contribution in [0.2, 0.25) is 0 Å². The molecular formula is C25H34BrNO3S. The first-order valence-corrected chi connectivity index (χ1v) is 12.7. The number of carbonyl (C=O) groups is 1. The number of carbonyl (C=O) groups excluding carboxylic acids is 1. The van der Waals surface area contributed by atoms with Gasteiger partial charge in [-0.15, -0.1) is 0 Å². The first-order valence-electron chi connectivity index (χ1n) is 11.3. The minimum atomic E-state index is -0.561. The van der Waals surface area contributed by atoms with Crippen LogP contribution in [-0.2, 0) is 6.42 Å². The largest absolute Gasteiger partial charge is 0.508 e. The lowest BCUT2D eigenvalue weighted by atomic mass is 10.0. The zero-order chi connectivity index (χ0) is 22.3. The average Bonchev–Trinajstić information content (AvgIpc) is 2.75. The van der Waals surface area contributed by atoms with Gasteiger partial charge in [-0.1, -0.05) is 63.5 Å². The van der Waals surface area contributed by atoms with Gasteiger partial charge >= 0.3 is 6.09 Å². The molecule has 0 aliphatic carbocycles. The van der Waals surface area contributed by atoms with Crippen LogP contribution in [0.15, 0.2) is 46.9 Å². The lowest BCUT2D eigenvalue weighted by molar-refractivity contribution is 0.215. The molecule has 0 atom stereocenters. The molecule has 6 heteroatoms. The van der Waals surface area contributed by atoms with E-state index in [1.165, 1.54) is 51.4 Å². The lowest BCUT2D eigenvalue weighted by Crippen LogP contribution is -2.17. The number of nitrogens with one attached hydrogen (secondary N) is 1. The van der Waals surface area contributed by atoms with Gasteiger partial charge in [-0.25, -0.2) is 4.79 Å². The average molecular weight is 509 g/mol. The van der Waals surface area contributed by atoms with Crippen molar-refractivity contribution in [2.75, 3.05) is 11.1 Å². The van der Waals surface area contributed by atoms with Gasteiger partial charge in [-0.2, -0.15) is 12.6 Å². The number of rotatable bonds is 14. The number of thiol groups is 1. The molecule has 0 saturated carbocycles. The number of phenols is 1. The fraction of sp³-hybridized carbons (Fsp3) is 0.480. The van der Waals surface area contributed by atoms with Crippen LogP contribution in [0, 0.1) is 0 Å². The molecule has 2 N–H and O–H groups in total. The van der Waals surface area contributed by atoms with Gasteiger partial charge in [0.15, 0.2) is 0 Å². The van der Waals surface area contributed by atoms with Crippen molar-refractivity contribution in [2.45, 2.75) is 70.6 Å². The highest BCUT2D eigenvalue weighted by Crippen LogP contribution is 2.26. The number of hydrogen-bond donors (Lipinski definition) is 3. The molecule has 31 heavy (non-hydrogen) atoms. The number of para-hydroxylation sites is 1. The quantitative estimate of drug-likeness (QED) is 0.178. The van der Waals surface area contributed by atoms with Crippen LogP contribution in [0.3, 0.4) is 0 Å². The molecule has 0 fully saturated rings. The zero-order valence-electron chi connectivity index (χ0n) is 18.1. The third-order valence-electron chi connectivity index (χ3n) is 5.23. The van der Waals surface area contributed by atoms with Gasteiger partial charge in [0.25, 0.3) is 0 Å². The number of aromatic hydroxyl groups is 1. The molecular weight excluding hydrogens is 474 g/mol. The van der Waals surface area contributed by atoms with Gasteiger partial charge in [0, 0.05) is 4.47 Å². The van der Waals surface area contributed by atoms with Crippen molar-refractivity contribution in [3.8, 4) is 11.5 Å². The van der Waals surface area contributed by atoms with E-state index in [9.17, 15) is 9.90 Å². The van der Waals surface area contributed by atoms with E-state index in [4.69, 9.17) is 4.74 Å². The number of aryl methyl sites for hydroxylation is 1. The number of benzene rings is 2. The Morgan fingerprint density at radius 1 is 0.903 bits per heavy atom. The monoisotopic (exact) mass is 507 g/mol. The van der Waals surface area contributed by atoms with Crippen molar-refractivity contribution in [1.29, 1.82) is 0 Å². The first-order chi connectivity index (χ1) is 15.1. The van der Waals surface area contributed by atoms with E-state index in [0.717, 1.165) is 35.1 Å². The molecule has 0 bridgehead atoms. The van der Waals surface area contributed by atoms with Crippen molar-refractivity contribution in [3.63, 3.8) is 0 Å². The first kappa shape index (κ1) is 25.6. The summed E-state index contributed by atoms with van der Waals surface area (Å²) in [7, 11) is 0.